The summed E-state index contributed by atoms with van der Waals surface area (Å²) in [7, 11) is 4.64. The molecule has 142 valence electrons. The van der Waals surface area contributed by atoms with Gasteiger partial charge in [-0.2, -0.15) is 5.10 Å². The van der Waals surface area contributed by atoms with E-state index >= 15 is 0 Å². The summed E-state index contributed by atoms with van der Waals surface area (Å²) in [6, 6.07) is 10.2. The molecule has 0 aliphatic carbocycles. The number of phenolic OH excluding ortho intramolecular Hbond substituents is 1. The molecule has 1 atom stereocenters. The van der Waals surface area contributed by atoms with Gasteiger partial charge in [0.2, 0.25) is 11.7 Å². The van der Waals surface area contributed by atoms with E-state index in [0.29, 0.717) is 29.4 Å². The monoisotopic (exact) mass is 370 g/mol. The smallest absolute Gasteiger partial charge is 0.240 e. The van der Waals surface area contributed by atoms with Gasteiger partial charge in [0.1, 0.15) is 5.75 Å². The molecular formula is C20H22N2O5. The highest BCUT2D eigenvalue weighted by molar-refractivity contribution is 6.06. The lowest BCUT2D eigenvalue weighted by Gasteiger charge is -2.20. The molecule has 27 heavy (non-hydrogen) atoms. The molecule has 2 aromatic carbocycles. The standard InChI is InChI=1S/C20H22N2O5/c1-12(23)22-17(13-6-5-7-14(24)10-13)11-16(21-22)15-8-9-18(25-2)20(27-4)19(15)26-3/h5-10,17,24H,11H2,1-4H3/t17-/m0/s1. The zero-order valence-electron chi connectivity index (χ0n) is 15.7. The van der Waals surface area contributed by atoms with Crippen LogP contribution >= 0.6 is 0 Å². The SMILES string of the molecule is COc1ccc(C2=NN(C(C)=O)[C@H](c3cccc(O)c3)C2)c(OC)c1OC. The Labute approximate surface area is 157 Å². The van der Waals surface area contributed by atoms with E-state index in [1.807, 2.05) is 12.1 Å². The van der Waals surface area contributed by atoms with Crippen LogP contribution in [0.2, 0.25) is 0 Å². The van der Waals surface area contributed by atoms with E-state index < -0.39 is 0 Å². The van der Waals surface area contributed by atoms with Crippen LogP contribution in [0.25, 0.3) is 0 Å². The van der Waals surface area contributed by atoms with Crippen LogP contribution in [0, 0.1) is 0 Å². The average molecular weight is 370 g/mol. The van der Waals surface area contributed by atoms with Crippen LogP contribution in [0.5, 0.6) is 23.0 Å². The highest BCUT2D eigenvalue weighted by Crippen LogP contribution is 2.43. The molecule has 3 rings (SSSR count). The van der Waals surface area contributed by atoms with E-state index in [-0.39, 0.29) is 17.7 Å². The number of carbonyl (C=O) groups is 1. The average Bonchev–Trinajstić information content (AvgIpc) is 3.12. The predicted octanol–water partition coefficient (Wildman–Crippen LogP) is 3.12. The van der Waals surface area contributed by atoms with Gasteiger partial charge >= 0.3 is 0 Å². The summed E-state index contributed by atoms with van der Waals surface area (Å²) in [6.07, 6.45) is 0.481. The van der Waals surface area contributed by atoms with Gasteiger partial charge in [-0.3, -0.25) is 4.79 Å². The molecule has 0 fully saturated rings. The van der Waals surface area contributed by atoms with E-state index in [1.165, 1.54) is 19.0 Å². The maximum absolute atomic E-state index is 12.1. The van der Waals surface area contributed by atoms with Crippen molar-refractivity contribution >= 4 is 11.6 Å². The number of carbonyl (C=O) groups excluding carboxylic acids is 1. The molecule has 1 aliphatic rings. The fourth-order valence-electron chi connectivity index (χ4n) is 3.28. The Morgan fingerprint density at radius 2 is 1.85 bits per heavy atom. The largest absolute Gasteiger partial charge is 0.508 e. The number of amides is 1. The first kappa shape index (κ1) is 18.6. The molecule has 2 aromatic rings. The van der Waals surface area contributed by atoms with Crippen LogP contribution in [0.1, 0.15) is 30.5 Å². The molecule has 0 saturated heterocycles. The van der Waals surface area contributed by atoms with Crippen molar-refractivity contribution in [2.75, 3.05) is 21.3 Å². The Morgan fingerprint density at radius 3 is 2.44 bits per heavy atom. The third-order valence-corrected chi connectivity index (χ3v) is 4.50. The summed E-state index contributed by atoms with van der Waals surface area (Å²) in [5.74, 6) is 1.47. The zero-order valence-corrected chi connectivity index (χ0v) is 15.7. The molecule has 0 spiro atoms. The van der Waals surface area contributed by atoms with Gasteiger partial charge in [-0.05, 0) is 29.8 Å². The summed E-state index contributed by atoms with van der Waals surface area (Å²) in [5, 5.41) is 15.8. The Morgan fingerprint density at radius 1 is 1.11 bits per heavy atom. The Kier molecular flexibility index (Phi) is 5.21. The molecule has 0 radical (unpaired) electrons. The molecule has 1 N–H and O–H groups in total. The van der Waals surface area contributed by atoms with Gasteiger partial charge in [0.25, 0.3) is 0 Å². The van der Waals surface area contributed by atoms with Crippen LogP contribution in [0.3, 0.4) is 0 Å². The first-order valence-corrected chi connectivity index (χ1v) is 8.45. The first-order chi connectivity index (χ1) is 13.0. The van der Waals surface area contributed by atoms with Crippen molar-refractivity contribution < 1.29 is 24.1 Å². The van der Waals surface area contributed by atoms with Gasteiger partial charge in [0.05, 0.1) is 33.1 Å². The zero-order chi connectivity index (χ0) is 19.6. The molecular weight excluding hydrogens is 348 g/mol. The molecule has 7 nitrogen and oxygen atoms in total. The van der Waals surface area contributed by atoms with Crippen molar-refractivity contribution in [2.24, 2.45) is 5.10 Å². The van der Waals surface area contributed by atoms with Crippen molar-refractivity contribution in [1.82, 2.24) is 5.01 Å². The summed E-state index contributed by atoms with van der Waals surface area (Å²) in [5.41, 5.74) is 2.23. The lowest BCUT2D eigenvalue weighted by Crippen LogP contribution is -2.24. The van der Waals surface area contributed by atoms with Crippen LogP contribution in [0.4, 0.5) is 0 Å². The Balaban J connectivity index is 2.05. The maximum atomic E-state index is 12.1. The number of hydrogen-bond donors (Lipinski definition) is 1. The number of methoxy groups -OCH3 is 3. The van der Waals surface area contributed by atoms with Crippen molar-refractivity contribution in [3.05, 3.63) is 47.5 Å². The molecule has 1 aliphatic heterocycles. The third-order valence-electron chi connectivity index (χ3n) is 4.50. The lowest BCUT2D eigenvalue weighted by atomic mass is 9.97. The summed E-state index contributed by atoms with van der Waals surface area (Å²) >= 11 is 0. The first-order valence-electron chi connectivity index (χ1n) is 8.45. The Bertz CT molecular complexity index is 894. The summed E-state index contributed by atoms with van der Waals surface area (Å²) < 4.78 is 16.3. The fourth-order valence-corrected chi connectivity index (χ4v) is 3.28. The minimum atomic E-state index is -0.303. The van der Waals surface area contributed by atoms with Crippen molar-refractivity contribution in [2.45, 2.75) is 19.4 Å². The fraction of sp³-hybridized carbons (Fsp3) is 0.300. The van der Waals surface area contributed by atoms with Gasteiger partial charge < -0.3 is 19.3 Å². The third kappa shape index (κ3) is 3.40. The van der Waals surface area contributed by atoms with Crippen molar-refractivity contribution in [3.63, 3.8) is 0 Å². The summed E-state index contributed by atoms with van der Waals surface area (Å²) in [4.78, 5) is 12.1. The molecule has 0 saturated carbocycles. The van der Waals surface area contributed by atoms with Crippen LogP contribution in [0.15, 0.2) is 41.5 Å². The number of benzene rings is 2. The minimum Gasteiger partial charge on any atom is -0.508 e. The normalized spacial score (nSPS) is 16.1. The molecule has 1 heterocycles. The lowest BCUT2D eigenvalue weighted by molar-refractivity contribution is -0.130. The molecule has 0 bridgehead atoms. The molecule has 0 aromatic heterocycles. The van der Waals surface area contributed by atoms with Gasteiger partial charge in [-0.25, -0.2) is 5.01 Å². The number of hydrogen-bond acceptors (Lipinski definition) is 6. The number of aromatic hydroxyl groups is 1. The van der Waals surface area contributed by atoms with E-state index in [4.69, 9.17) is 14.2 Å². The highest BCUT2D eigenvalue weighted by atomic mass is 16.5. The second-order valence-electron chi connectivity index (χ2n) is 6.11. The van der Waals surface area contributed by atoms with Gasteiger partial charge in [0, 0.05) is 18.9 Å². The second-order valence-corrected chi connectivity index (χ2v) is 6.11. The maximum Gasteiger partial charge on any atom is 0.240 e. The van der Waals surface area contributed by atoms with E-state index in [0.717, 1.165) is 11.1 Å². The van der Waals surface area contributed by atoms with E-state index in [1.54, 1.807) is 38.5 Å². The highest BCUT2D eigenvalue weighted by Gasteiger charge is 2.33. The van der Waals surface area contributed by atoms with Crippen LogP contribution < -0.4 is 14.2 Å². The number of hydrazone groups is 1. The van der Waals surface area contributed by atoms with Crippen LogP contribution in [-0.4, -0.2) is 43.1 Å². The van der Waals surface area contributed by atoms with E-state index in [2.05, 4.69) is 5.10 Å². The van der Waals surface area contributed by atoms with E-state index in [9.17, 15) is 9.90 Å². The molecule has 0 unspecified atom stereocenters. The molecule has 7 heteroatoms. The molecule has 1 amide bonds. The second kappa shape index (κ2) is 7.57. The predicted molar refractivity (Wildman–Crippen MR) is 101 cm³/mol. The quantitative estimate of drug-likeness (QED) is 0.875. The summed E-state index contributed by atoms with van der Waals surface area (Å²) in [6.45, 7) is 1.47. The number of ether oxygens (including phenoxy) is 3. The van der Waals surface area contributed by atoms with Gasteiger partial charge in [-0.1, -0.05) is 12.1 Å². The number of phenols is 1. The van der Waals surface area contributed by atoms with Gasteiger partial charge in [-0.15, -0.1) is 0 Å². The number of nitrogens with zero attached hydrogens (tertiary/aromatic N) is 2. The van der Waals surface area contributed by atoms with Crippen molar-refractivity contribution in [1.29, 1.82) is 0 Å². The number of rotatable bonds is 5. The van der Waals surface area contributed by atoms with Gasteiger partial charge in [0.15, 0.2) is 11.5 Å². The minimum absolute atomic E-state index is 0.146. The van der Waals surface area contributed by atoms with Crippen molar-refractivity contribution in [3.8, 4) is 23.0 Å². The topological polar surface area (TPSA) is 80.6 Å². The Hall–Kier alpha value is -3.22. The van der Waals surface area contributed by atoms with Crippen LogP contribution in [-0.2, 0) is 4.79 Å².